The number of unbranched alkanes of at least 4 members (excludes halogenated alkanes) is 4. The molecule has 23 heavy (non-hydrogen) atoms. The van der Waals surface area contributed by atoms with Gasteiger partial charge in [0, 0.05) is 30.3 Å². The van der Waals surface area contributed by atoms with Crippen LogP contribution >= 0.6 is 0 Å². The summed E-state index contributed by atoms with van der Waals surface area (Å²) >= 11 is 0. The molecule has 4 radical (unpaired) electrons. The number of carboxylic acids is 1. The monoisotopic (exact) mass is 424 g/mol. The zero-order valence-electron chi connectivity index (χ0n) is 14.5. The smallest absolute Gasteiger partial charge is 0.303 e. The molecule has 0 aliphatic heterocycles. The van der Waals surface area contributed by atoms with Gasteiger partial charge in [0.1, 0.15) is 0 Å². The van der Waals surface area contributed by atoms with E-state index in [4.69, 9.17) is 5.11 Å². The van der Waals surface area contributed by atoms with E-state index >= 15 is 0 Å². The van der Waals surface area contributed by atoms with Crippen LogP contribution in [0.2, 0.25) is 0 Å². The molecule has 0 unspecified atom stereocenters. The molecule has 0 fully saturated rings. The largest absolute Gasteiger partial charge is 0.481 e. The third-order valence-electron chi connectivity index (χ3n) is 3.22. The minimum absolute atomic E-state index is 0. The van der Waals surface area contributed by atoms with E-state index in [1.54, 1.807) is 0 Å². The normalized spacial score (nSPS) is 11.9. The first kappa shape index (κ1) is 24.5. The van der Waals surface area contributed by atoms with Gasteiger partial charge in [-0.25, -0.2) is 0 Å². The van der Waals surface area contributed by atoms with Crippen LogP contribution in [0, 0.1) is 0 Å². The summed E-state index contributed by atoms with van der Waals surface area (Å²) in [6.07, 6.45) is 27.3. The minimum atomic E-state index is -0.712. The van der Waals surface area contributed by atoms with Gasteiger partial charge in [-0.15, -0.1) is 0 Å². The maximum atomic E-state index is 10.3. The second kappa shape index (κ2) is 21.2. The Labute approximate surface area is 159 Å². The predicted octanol–water partition coefficient (Wildman–Crippen LogP) is 5.84. The number of hydrogen-bond donors (Lipinski definition) is 1. The molecule has 0 bridgehead atoms. The van der Waals surface area contributed by atoms with Gasteiger partial charge in [-0.3, -0.25) is 4.79 Å². The van der Waals surface area contributed by atoms with E-state index in [1.807, 2.05) is 0 Å². The fourth-order valence-corrected chi connectivity index (χ4v) is 1.93. The molecule has 0 aromatic carbocycles. The first-order valence-electron chi connectivity index (χ1n) is 8.59. The Morgan fingerprint density at radius 1 is 0.739 bits per heavy atom. The molecule has 2 nitrogen and oxygen atoms in total. The van der Waals surface area contributed by atoms with Crippen molar-refractivity contribution in [2.45, 2.75) is 71.1 Å². The molecule has 0 rings (SSSR count). The Balaban J connectivity index is 0. The van der Waals surface area contributed by atoms with E-state index in [0.717, 1.165) is 32.1 Å². The summed E-state index contributed by atoms with van der Waals surface area (Å²) < 4.78 is 0. The third-order valence-corrected chi connectivity index (χ3v) is 3.22. The maximum Gasteiger partial charge on any atom is 0.303 e. The molecule has 0 aromatic rings. The van der Waals surface area contributed by atoms with E-state index in [2.05, 4.69) is 55.5 Å². The van der Waals surface area contributed by atoms with Crippen LogP contribution in [0.15, 0.2) is 48.6 Å². The molecule has 0 heterocycles. The molecule has 0 amide bonds. The van der Waals surface area contributed by atoms with Crippen LogP contribution in [0.25, 0.3) is 0 Å². The number of rotatable bonds is 14. The van der Waals surface area contributed by atoms with Crippen LogP contribution in [0.4, 0.5) is 0 Å². The minimum Gasteiger partial charge on any atom is -0.481 e. The Bertz CT molecular complexity index is 368. The number of hydrogen-bond acceptors (Lipinski definition) is 1. The van der Waals surface area contributed by atoms with E-state index in [9.17, 15) is 4.79 Å². The van der Waals surface area contributed by atoms with Crippen LogP contribution in [-0.2, 0) is 4.79 Å². The number of allylic oxidation sites excluding steroid dienone is 8. The fourth-order valence-electron chi connectivity index (χ4n) is 1.93. The van der Waals surface area contributed by atoms with E-state index < -0.39 is 5.97 Å². The molecule has 0 aromatic heterocycles. The Hall–Kier alpha value is -0.771. The van der Waals surface area contributed by atoms with Crippen molar-refractivity contribution < 1.29 is 9.90 Å². The van der Waals surface area contributed by atoms with E-state index in [1.165, 1.54) is 25.7 Å². The summed E-state index contributed by atoms with van der Waals surface area (Å²) in [5.41, 5.74) is 0. The van der Waals surface area contributed by atoms with Crippen LogP contribution in [-0.4, -0.2) is 35.0 Å². The van der Waals surface area contributed by atoms with Crippen molar-refractivity contribution in [2.75, 3.05) is 0 Å². The van der Waals surface area contributed by atoms with Gasteiger partial charge < -0.3 is 5.11 Å². The fraction of sp³-hybridized carbons (Fsp3) is 0.550. The van der Waals surface area contributed by atoms with Crippen molar-refractivity contribution >= 4 is 29.9 Å². The van der Waals surface area contributed by atoms with Crippen molar-refractivity contribution in [2.24, 2.45) is 0 Å². The molecule has 0 atom stereocenters. The second-order valence-electron chi connectivity index (χ2n) is 5.37. The average Bonchev–Trinajstić information content (AvgIpc) is 2.50. The summed E-state index contributed by atoms with van der Waals surface area (Å²) in [5, 5.41) is 8.49. The van der Waals surface area contributed by atoms with Gasteiger partial charge in [0.05, 0.1) is 0 Å². The van der Waals surface area contributed by atoms with Gasteiger partial charge in [0.15, 0.2) is 0 Å². The maximum absolute atomic E-state index is 10.3. The molecule has 0 spiro atoms. The molecule has 0 aliphatic rings. The predicted molar refractivity (Wildman–Crippen MR) is 102 cm³/mol. The molecule has 0 aliphatic carbocycles. The Morgan fingerprint density at radius 2 is 1.17 bits per heavy atom. The molecule has 128 valence electrons. The topological polar surface area (TPSA) is 37.3 Å². The number of carbonyl (C=O) groups is 1. The van der Waals surface area contributed by atoms with Gasteiger partial charge in [-0.1, -0.05) is 68.4 Å². The van der Waals surface area contributed by atoms with Crippen LogP contribution < -0.4 is 0 Å². The average molecular weight is 423 g/mol. The van der Waals surface area contributed by atoms with E-state index in [-0.39, 0.29) is 30.3 Å². The quantitative estimate of drug-likeness (QED) is 0.217. The zero-order valence-corrected chi connectivity index (χ0v) is 17.4. The molecule has 0 saturated carbocycles. The summed E-state index contributed by atoms with van der Waals surface area (Å²) in [6, 6.07) is 0. The van der Waals surface area contributed by atoms with Crippen LogP contribution in [0.1, 0.15) is 71.1 Å². The third kappa shape index (κ3) is 23.6. The molecule has 0 saturated heterocycles. The molecular formula is C20H32O2Sn. The van der Waals surface area contributed by atoms with Gasteiger partial charge in [0.2, 0.25) is 0 Å². The Kier molecular flexibility index (Phi) is 22.6. The number of carboxylic acid groups (broad SMARTS) is 1. The van der Waals surface area contributed by atoms with Gasteiger partial charge in [0.25, 0.3) is 0 Å². The van der Waals surface area contributed by atoms with Crippen LogP contribution in [0.5, 0.6) is 0 Å². The van der Waals surface area contributed by atoms with Crippen LogP contribution in [0.3, 0.4) is 0 Å². The van der Waals surface area contributed by atoms with E-state index in [0.29, 0.717) is 0 Å². The Morgan fingerprint density at radius 3 is 1.61 bits per heavy atom. The zero-order chi connectivity index (χ0) is 16.3. The first-order valence-corrected chi connectivity index (χ1v) is 8.59. The summed E-state index contributed by atoms with van der Waals surface area (Å²) in [5.74, 6) is -0.712. The van der Waals surface area contributed by atoms with Crippen molar-refractivity contribution in [1.29, 1.82) is 0 Å². The van der Waals surface area contributed by atoms with Crippen molar-refractivity contribution in [1.82, 2.24) is 0 Å². The van der Waals surface area contributed by atoms with Crippen molar-refractivity contribution in [3.05, 3.63) is 48.6 Å². The molecule has 1 N–H and O–H groups in total. The standard InChI is InChI=1S/C20H32O2.Sn/c1-2-3-4-5-6-7-8-9-10-11-12-13-14-15-16-17-18-19-20(21)22;/h6-7,9-10,12-13,15-16H,2-5,8,11,14,17-19H2,1H3,(H,21,22);. The van der Waals surface area contributed by atoms with Gasteiger partial charge in [-0.05, 0) is 44.9 Å². The SMILES string of the molecule is CCCCCC=CCC=CCC=CCC=CCCCC(=O)O.[Sn]. The van der Waals surface area contributed by atoms with Gasteiger partial charge in [-0.2, -0.15) is 0 Å². The van der Waals surface area contributed by atoms with Gasteiger partial charge >= 0.3 is 5.97 Å². The molecule has 3 heteroatoms. The first-order chi connectivity index (χ1) is 10.8. The molecular weight excluding hydrogens is 391 g/mol. The van der Waals surface area contributed by atoms with Crippen molar-refractivity contribution in [3.8, 4) is 0 Å². The second-order valence-corrected chi connectivity index (χ2v) is 5.37. The number of aliphatic carboxylic acids is 1. The van der Waals surface area contributed by atoms with Crippen molar-refractivity contribution in [3.63, 3.8) is 0 Å². The summed E-state index contributed by atoms with van der Waals surface area (Å²) in [6.45, 7) is 2.23. The summed E-state index contributed by atoms with van der Waals surface area (Å²) in [7, 11) is 0. The summed E-state index contributed by atoms with van der Waals surface area (Å²) in [4.78, 5) is 10.3.